The molecule has 1 N–H and O–H groups in total. The molecule has 0 unspecified atom stereocenters. The molecule has 1 aliphatic rings. The molecule has 142 valence electrons. The van der Waals surface area contributed by atoms with Crippen molar-refractivity contribution in [3.63, 3.8) is 0 Å². The number of aromatic nitrogens is 4. The van der Waals surface area contributed by atoms with Gasteiger partial charge in [-0.05, 0) is 38.1 Å². The van der Waals surface area contributed by atoms with E-state index in [4.69, 9.17) is 0 Å². The van der Waals surface area contributed by atoms with E-state index >= 15 is 0 Å². The lowest BCUT2D eigenvalue weighted by Gasteiger charge is -2.16. The van der Waals surface area contributed by atoms with E-state index in [1.807, 2.05) is 18.4 Å². The van der Waals surface area contributed by atoms with Crippen molar-refractivity contribution in [1.82, 2.24) is 24.5 Å². The molecule has 0 spiro atoms. The Morgan fingerprint density at radius 3 is 2.67 bits per heavy atom. The molecule has 9 heteroatoms. The monoisotopic (exact) mass is 376 g/mol. The SMILES string of the molecule is Cc1c(CNc2nc3nnc(C)n3c3c2CN(C)C3)cccc1C(F)(F)F. The van der Waals surface area contributed by atoms with Crippen LogP contribution in [0.15, 0.2) is 18.2 Å². The number of nitrogens with one attached hydrogen (secondary N) is 1. The number of aryl methyl sites for hydroxylation is 1. The van der Waals surface area contributed by atoms with Crippen molar-refractivity contribution in [3.05, 3.63) is 52.0 Å². The second-order valence-electron chi connectivity index (χ2n) is 6.88. The fourth-order valence-corrected chi connectivity index (χ4v) is 3.60. The predicted molar refractivity (Wildman–Crippen MR) is 94.2 cm³/mol. The topological polar surface area (TPSA) is 58.4 Å². The summed E-state index contributed by atoms with van der Waals surface area (Å²) in [6, 6.07) is 4.24. The Morgan fingerprint density at radius 1 is 1.15 bits per heavy atom. The Bertz CT molecular complexity index is 1020. The van der Waals surface area contributed by atoms with Crippen molar-refractivity contribution in [2.75, 3.05) is 12.4 Å². The van der Waals surface area contributed by atoms with Gasteiger partial charge in [-0.25, -0.2) is 0 Å². The first-order valence-corrected chi connectivity index (χ1v) is 8.57. The number of rotatable bonds is 3. The zero-order chi connectivity index (χ0) is 19.3. The van der Waals surface area contributed by atoms with Crippen molar-refractivity contribution in [2.45, 2.75) is 39.7 Å². The first-order chi connectivity index (χ1) is 12.8. The largest absolute Gasteiger partial charge is 0.416 e. The van der Waals surface area contributed by atoms with Gasteiger partial charge in [-0.1, -0.05) is 12.1 Å². The van der Waals surface area contributed by atoms with Crippen LogP contribution < -0.4 is 5.32 Å². The minimum atomic E-state index is -4.36. The third-order valence-electron chi connectivity index (χ3n) is 4.97. The zero-order valence-electron chi connectivity index (χ0n) is 15.2. The van der Waals surface area contributed by atoms with Crippen LogP contribution in [0.25, 0.3) is 5.78 Å². The zero-order valence-corrected chi connectivity index (χ0v) is 15.2. The molecule has 0 bridgehead atoms. The van der Waals surface area contributed by atoms with E-state index in [1.54, 1.807) is 6.07 Å². The van der Waals surface area contributed by atoms with Crippen LogP contribution in [0, 0.1) is 13.8 Å². The number of benzene rings is 1. The first kappa shape index (κ1) is 17.7. The Kier molecular flexibility index (Phi) is 4.06. The molecule has 3 heterocycles. The number of halogens is 3. The predicted octanol–water partition coefficient (Wildman–Crippen LogP) is 3.32. The number of hydrogen-bond acceptors (Lipinski definition) is 5. The minimum Gasteiger partial charge on any atom is -0.366 e. The lowest BCUT2D eigenvalue weighted by molar-refractivity contribution is -0.138. The number of hydrogen-bond donors (Lipinski definition) is 1. The van der Waals surface area contributed by atoms with Crippen LogP contribution in [-0.2, 0) is 25.8 Å². The Balaban J connectivity index is 1.69. The highest BCUT2D eigenvalue weighted by Crippen LogP contribution is 2.33. The smallest absolute Gasteiger partial charge is 0.366 e. The lowest BCUT2D eigenvalue weighted by Crippen LogP contribution is -2.12. The molecule has 1 aliphatic heterocycles. The molecular formula is C18H19F3N6. The molecule has 4 rings (SSSR count). The molecule has 27 heavy (non-hydrogen) atoms. The van der Waals surface area contributed by atoms with Gasteiger partial charge in [-0.15, -0.1) is 10.2 Å². The first-order valence-electron chi connectivity index (χ1n) is 8.57. The maximum Gasteiger partial charge on any atom is 0.416 e. The summed E-state index contributed by atoms with van der Waals surface area (Å²) in [6.45, 7) is 5.07. The van der Waals surface area contributed by atoms with Crippen LogP contribution >= 0.6 is 0 Å². The van der Waals surface area contributed by atoms with Crippen LogP contribution in [0.2, 0.25) is 0 Å². The molecule has 1 aromatic carbocycles. The molecule has 0 saturated carbocycles. The summed E-state index contributed by atoms with van der Waals surface area (Å²) in [5.74, 6) is 1.90. The highest BCUT2D eigenvalue weighted by Gasteiger charge is 2.33. The van der Waals surface area contributed by atoms with Crippen LogP contribution in [-0.4, -0.2) is 31.5 Å². The van der Waals surface area contributed by atoms with Gasteiger partial charge in [-0.2, -0.15) is 18.2 Å². The molecule has 2 aromatic heterocycles. The Hall–Kier alpha value is -2.68. The third kappa shape index (κ3) is 3.01. The quantitative estimate of drug-likeness (QED) is 0.760. The Labute approximate surface area is 154 Å². The van der Waals surface area contributed by atoms with Crippen LogP contribution in [0.3, 0.4) is 0 Å². The molecule has 0 saturated heterocycles. The summed E-state index contributed by atoms with van der Waals surface area (Å²) in [4.78, 5) is 6.69. The molecular weight excluding hydrogens is 357 g/mol. The summed E-state index contributed by atoms with van der Waals surface area (Å²) in [5, 5.41) is 11.4. The summed E-state index contributed by atoms with van der Waals surface area (Å²) in [6.07, 6.45) is -4.36. The van der Waals surface area contributed by atoms with Gasteiger partial charge in [0.2, 0.25) is 0 Å². The lowest BCUT2D eigenvalue weighted by atomic mass is 10.0. The van der Waals surface area contributed by atoms with Crippen molar-refractivity contribution in [2.24, 2.45) is 0 Å². The van der Waals surface area contributed by atoms with Crippen molar-refractivity contribution < 1.29 is 13.2 Å². The third-order valence-corrected chi connectivity index (χ3v) is 4.97. The summed E-state index contributed by atoms with van der Waals surface area (Å²) < 4.78 is 41.3. The van der Waals surface area contributed by atoms with Gasteiger partial charge in [0, 0.05) is 30.9 Å². The number of alkyl halides is 3. The van der Waals surface area contributed by atoms with E-state index in [9.17, 15) is 13.2 Å². The summed E-state index contributed by atoms with van der Waals surface area (Å²) in [7, 11) is 2.01. The van der Waals surface area contributed by atoms with E-state index in [2.05, 4.69) is 25.4 Å². The summed E-state index contributed by atoms with van der Waals surface area (Å²) >= 11 is 0. The van der Waals surface area contributed by atoms with E-state index in [0.717, 1.165) is 29.7 Å². The minimum absolute atomic E-state index is 0.227. The van der Waals surface area contributed by atoms with Crippen LogP contribution in [0.1, 0.15) is 33.8 Å². The van der Waals surface area contributed by atoms with Crippen molar-refractivity contribution >= 4 is 11.6 Å². The van der Waals surface area contributed by atoms with E-state index < -0.39 is 11.7 Å². The average Bonchev–Trinajstić information content (AvgIpc) is 3.15. The van der Waals surface area contributed by atoms with Gasteiger partial charge in [0.1, 0.15) is 11.6 Å². The molecule has 0 fully saturated rings. The second kappa shape index (κ2) is 6.19. The fourth-order valence-electron chi connectivity index (χ4n) is 3.60. The molecule has 3 aromatic rings. The van der Waals surface area contributed by atoms with E-state index in [0.29, 0.717) is 23.7 Å². The van der Waals surface area contributed by atoms with Gasteiger partial charge in [0.15, 0.2) is 0 Å². The van der Waals surface area contributed by atoms with Gasteiger partial charge >= 0.3 is 6.18 Å². The van der Waals surface area contributed by atoms with Gasteiger partial charge in [-0.3, -0.25) is 9.30 Å². The fraction of sp³-hybridized carbons (Fsp3) is 0.389. The van der Waals surface area contributed by atoms with Crippen LogP contribution in [0.5, 0.6) is 0 Å². The van der Waals surface area contributed by atoms with E-state index in [-0.39, 0.29) is 12.1 Å². The van der Waals surface area contributed by atoms with Gasteiger partial charge in [0.05, 0.1) is 5.56 Å². The van der Waals surface area contributed by atoms with E-state index in [1.165, 1.54) is 13.0 Å². The summed E-state index contributed by atoms with van der Waals surface area (Å²) in [5.41, 5.74) is 2.30. The van der Waals surface area contributed by atoms with Gasteiger partial charge < -0.3 is 5.32 Å². The van der Waals surface area contributed by atoms with Crippen LogP contribution in [0.4, 0.5) is 19.0 Å². The number of fused-ring (bicyclic) bond motifs is 3. The second-order valence-corrected chi connectivity index (χ2v) is 6.88. The molecule has 0 radical (unpaired) electrons. The van der Waals surface area contributed by atoms with Crippen molar-refractivity contribution in [3.8, 4) is 0 Å². The molecule has 0 atom stereocenters. The number of nitrogens with zero attached hydrogens (tertiary/aromatic N) is 5. The standard InChI is InChI=1S/C18H19F3N6/c1-10-12(5-4-6-14(10)18(19,20)21)7-22-16-13-8-26(3)9-15(13)27-11(2)24-25-17(27)23-16/h4-6H,7-9H2,1-3H3,(H,22,23,25). The highest BCUT2D eigenvalue weighted by molar-refractivity contribution is 5.55. The Morgan fingerprint density at radius 2 is 1.93 bits per heavy atom. The normalized spacial score (nSPS) is 14.7. The van der Waals surface area contributed by atoms with Gasteiger partial charge in [0.25, 0.3) is 5.78 Å². The molecule has 6 nitrogen and oxygen atoms in total. The average molecular weight is 376 g/mol. The molecule has 0 amide bonds. The maximum absolute atomic E-state index is 13.1. The van der Waals surface area contributed by atoms with Crippen molar-refractivity contribution in [1.29, 1.82) is 0 Å². The molecule has 0 aliphatic carbocycles. The highest BCUT2D eigenvalue weighted by atomic mass is 19.4. The number of anilines is 1. The maximum atomic E-state index is 13.1.